The molecule has 84 valence electrons. The van der Waals surface area contributed by atoms with Gasteiger partial charge in [0.05, 0.1) is 18.4 Å². The molecule has 1 aromatic rings. The molecule has 1 amide bonds. The van der Waals surface area contributed by atoms with Gasteiger partial charge in [-0.15, -0.1) is 0 Å². The maximum absolute atomic E-state index is 10.6. The molecule has 1 aromatic heterocycles. The standard InChI is InChI=1S/C8H16N6O/c9-2-3-12-8-6(10)5-13-14(8)4-1-7(11)15/h5,12H,1-4,9-10H2,(H2,11,15). The van der Waals surface area contributed by atoms with E-state index in [4.69, 9.17) is 17.2 Å². The van der Waals surface area contributed by atoms with Crippen molar-refractivity contribution in [3.8, 4) is 0 Å². The van der Waals surface area contributed by atoms with Gasteiger partial charge in [0.2, 0.25) is 5.91 Å². The zero-order valence-electron chi connectivity index (χ0n) is 8.44. The summed E-state index contributed by atoms with van der Waals surface area (Å²) in [6.45, 7) is 1.52. The number of hydrogen-bond donors (Lipinski definition) is 4. The molecule has 0 aromatic carbocycles. The second-order valence-corrected chi connectivity index (χ2v) is 3.10. The molecule has 0 spiro atoms. The Kier molecular flexibility index (Phi) is 3.92. The van der Waals surface area contributed by atoms with Crippen molar-refractivity contribution in [2.75, 3.05) is 24.1 Å². The molecule has 0 fully saturated rings. The molecule has 0 radical (unpaired) electrons. The van der Waals surface area contributed by atoms with E-state index in [2.05, 4.69) is 10.4 Å². The summed E-state index contributed by atoms with van der Waals surface area (Å²) in [5, 5.41) is 7.05. The predicted octanol–water partition coefficient (Wildman–Crippen LogP) is -1.29. The van der Waals surface area contributed by atoms with Crippen molar-refractivity contribution >= 4 is 17.4 Å². The Balaban J connectivity index is 2.65. The lowest BCUT2D eigenvalue weighted by molar-refractivity contribution is -0.118. The van der Waals surface area contributed by atoms with Gasteiger partial charge < -0.3 is 22.5 Å². The second kappa shape index (κ2) is 5.20. The fraction of sp³-hybridized carbons (Fsp3) is 0.500. The number of aryl methyl sites for hydroxylation is 1. The van der Waals surface area contributed by atoms with Crippen molar-refractivity contribution < 1.29 is 4.79 Å². The first-order valence-corrected chi connectivity index (χ1v) is 4.68. The van der Waals surface area contributed by atoms with E-state index in [9.17, 15) is 4.79 Å². The van der Waals surface area contributed by atoms with Gasteiger partial charge in [-0.1, -0.05) is 0 Å². The van der Waals surface area contributed by atoms with Gasteiger partial charge in [-0.05, 0) is 0 Å². The third-order valence-corrected chi connectivity index (χ3v) is 1.87. The van der Waals surface area contributed by atoms with Gasteiger partial charge in [-0.3, -0.25) is 4.79 Å². The number of rotatable bonds is 6. The highest BCUT2D eigenvalue weighted by Gasteiger charge is 2.07. The van der Waals surface area contributed by atoms with Crippen LogP contribution in [0.5, 0.6) is 0 Å². The normalized spacial score (nSPS) is 10.2. The van der Waals surface area contributed by atoms with Crippen LogP contribution in [0.3, 0.4) is 0 Å². The predicted molar refractivity (Wildman–Crippen MR) is 58.0 cm³/mol. The van der Waals surface area contributed by atoms with E-state index in [0.29, 0.717) is 31.1 Å². The van der Waals surface area contributed by atoms with Crippen LogP contribution in [0.15, 0.2) is 6.20 Å². The van der Waals surface area contributed by atoms with E-state index in [-0.39, 0.29) is 12.3 Å². The maximum Gasteiger partial charge on any atom is 0.219 e. The topological polar surface area (TPSA) is 125 Å². The molecule has 1 heterocycles. The molecule has 7 nitrogen and oxygen atoms in total. The van der Waals surface area contributed by atoms with E-state index in [1.54, 1.807) is 4.68 Å². The van der Waals surface area contributed by atoms with Gasteiger partial charge in [0.25, 0.3) is 0 Å². The number of anilines is 2. The summed E-state index contributed by atoms with van der Waals surface area (Å²) < 4.78 is 1.61. The van der Waals surface area contributed by atoms with Crippen molar-refractivity contribution in [3.63, 3.8) is 0 Å². The Morgan fingerprint density at radius 3 is 2.93 bits per heavy atom. The average molecular weight is 212 g/mol. The molecular weight excluding hydrogens is 196 g/mol. The van der Waals surface area contributed by atoms with Crippen molar-refractivity contribution in [2.45, 2.75) is 13.0 Å². The van der Waals surface area contributed by atoms with Crippen molar-refractivity contribution in [1.29, 1.82) is 0 Å². The summed E-state index contributed by atoms with van der Waals surface area (Å²) >= 11 is 0. The van der Waals surface area contributed by atoms with E-state index in [1.807, 2.05) is 0 Å². The highest BCUT2D eigenvalue weighted by molar-refractivity contribution is 5.73. The zero-order valence-corrected chi connectivity index (χ0v) is 8.44. The first kappa shape index (κ1) is 11.3. The molecule has 0 aliphatic heterocycles. The number of carbonyl (C=O) groups excluding carboxylic acids is 1. The summed E-state index contributed by atoms with van der Waals surface area (Å²) in [4.78, 5) is 10.6. The van der Waals surface area contributed by atoms with Crippen LogP contribution >= 0.6 is 0 Å². The van der Waals surface area contributed by atoms with Crippen molar-refractivity contribution in [1.82, 2.24) is 9.78 Å². The molecule has 0 aliphatic carbocycles. The first-order chi connectivity index (χ1) is 7.15. The minimum atomic E-state index is -0.367. The number of aromatic nitrogens is 2. The molecule has 15 heavy (non-hydrogen) atoms. The Morgan fingerprint density at radius 1 is 1.60 bits per heavy atom. The number of primary amides is 1. The highest BCUT2D eigenvalue weighted by Crippen LogP contribution is 2.16. The largest absolute Gasteiger partial charge is 0.394 e. The summed E-state index contributed by atoms with van der Waals surface area (Å²) in [7, 11) is 0. The Labute approximate surface area is 87.6 Å². The molecule has 1 rings (SSSR count). The lowest BCUT2D eigenvalue weighted by Gasteiger charge is -2.08. The molecule has 0 saturated carbocycles. The van der Waals surface area contributed by atoms with Gasteiger partial charge in [0.15, 0.2) is 0 Å². The van der Waals surface area contributed by atoms with Gasteiger partial charge in [0, 0.05) is 19.5 Å². The van der Waals surface area contributed by atoms with Crippen LogP contribution in [0.4, 0.5) is 11.5 Å². The first-order valence-electron chi connectivity index (χ1n) is 4.68. The van der Waals surface area contributed by atoms with Crippen LogP contribution in [0.2, 0.25) is 0 Å². The number of nitrogens with one attached hydrogen (secondary N) is 1. The van der Waals surface area contributed by atoms with E-state index in [0.717, 1.165) is 0 Å². The lowest BCUT2D eigenvalue weighted by atomic mass is 10.4. The van der Waals surface area contributed by atoms with E-state index in [1.165, 1.54) is 6.20 Å². The summed E-state index contributed by atoms with van der Waals surface area (Å²) in [6, 6.07) is 0. The molecule has 0 saturated heterocycles. The number of hydrogen-bond acceptors (Lipinski definition) is 5. The fourth-order valence-corrected chi connectivity index (χ4v) is 1.17. The Morgan fingerprint density at radius 2 is 2.33 bits per heavy atom. The molecule has 0 unspecified atom stereocenters. The quantitative estimate of drug-likeness (QED) is 0.467. The molecule has 0 aliphatic rings. The van der Waals surface area contributed by atoms with Crippen LogP contribution in [-0.4, -0.2) is 28.8 Å². The number of nitrogens with two attached hydrogens (primary N) is 3. The Hall–Kier alpha value is -1.76. The average Bonchev–Trinajstić information content (AvgIpc) is 2.53. The van der Waals surface area contributed by atoms with Gasteiger partial charge in [0.1, 0.15) is 5.82 Å². The van der Waals surface area contributed by atoms with E-state index < -0.39 is 0 Å². The van der Waals surface area contributed by atoms with Gasteiger partial charge in [-0.25, -0.2) is 4.68 Å². The molecule has 7 heteroatoms. The highest BCUT2D eigenvalue weighted by atomic mass is 16.1. The smallest absolute Gasteiger partial charge is 0.219 e. The minimum absolute atomic E-state index is 0.235. The SMILES string of the molecule is NCCNc1c(N)cnn1CCC(N)=O. The molecule has 0 bridgehead atoms. The van der Waals surface area contributed by atoms with E-state index >= 15 is 0 Å². The van der Waals surface area contributed by atoms with Gasteiger partial charge >= 0.3 is 0 Å². The molecular formula is C8H16N6O. The van der Waals surface area contributed by atoms with Crippen LogP contribution < -0.4 is 22.5 Å². The second-order valence-electron chi connectivity index (χ2n) is 3.10. The minimum Gasteiger partial charge on any atom is -0.394 e. The fourth-order valence-electron chi connectivity index (χ4n) is 1.17. The van der Waals surface area contributed by atoms with Crippen molar-refractivity contribution in [3.05, 3.63) is 6.20 Å². The molecule has 0 atom stereocenters. The zero-order chi connectivity index (χ0) is 11.3. The lowest BCUT2D eigenvalue weighted by Crippen LogP contribution is -2.19. The van der Waals surface area contributed by atoms with Gasteiger partial charge in [-0.2, -0.15) is 5.10 Å². The number of carbonyl (C=O) groups is 1. The van der Waals surface area contributed by atoms with Crippen LogP contribution in [0, 0.1) is 0 Å². The third kappa shape index (κ3) is 3.13. The summed E-state index contributed by atoms with van der Waals surface area (Å²) in [5.74, 6) is 0.315. The van der Waals surface area contributed by atoms with Crippen LogP contribution in [0.1, 0.15) is 6.42 Å². The van der Waals surface area contributed by atoms with Crippen LogP contribution in [0.25, 0.3) is 0 Å². The number of amides is 1. The van der Waals surface area contributed by atoms with Crippen LogP contribution in [-0.2, 0) is 11.3 Å². The number of nitrogen functional groups attached to an aromatic ring is 1. The summed E-state index contributed by atoms with van der Waals surface area (Å²) in [5.41, 5.74) is 16.6. The number of nitrogens with zero attached hydrogens (tertiary/aromatic N) is 2. The molecule has 7 N–H and O–H groups in total. The third-order valence-electron chi connectivity index (χ3n) is 1.87. The van der Waals surface area contributed by atoms with Crippen molar-refractivity contribution in [2.24, 2.45) is 11.5 Å². The summed E-state index contributed by atoms with van der Waals surface area (Å²) in [6.07, 6.45) is 1.76. The monoisotopic (exact) mass is 212 g/mol. The maximum atomic E-state index is 10.6. The Bertz CT molecular complexity index is 334.